The summed E-state index contributed by atoms with van der Waals surface area (Å²) in [7, 11) is 0. The van der Waals surface area contributed by atoms with Crippen LogP contribution in [0.25, 0.3) is 5.69 Å². The molecule has 12 nitrogen and oxygen atoms in total. The fraction of sp³-hybridized carbons (Fsp3) is 0.371. The highest BCUT2D eigenvalue weighted by Crippen LogP contribution is 2.34. The number of rotatable bonds is 13. The lowest BCUT2D eigenvalue weighted by molar-refractivity contribution is -0.175. The summed E-state index contributed by atoms with van der Waals surface area (Å²) in [4.78, 5) is 17.5. The van der Waals surface area contributed by atoms with Gasteiger partial charge in [-0.05, 0) is 61.9 Å². The van der Waals surface area contributed by atoms with E-state index in [9.17, 15) is 4.79 Å². The maximum atomic E-state index is 12.8. The molecule has 246 valence electrons. The molecule has 6 rings (SSSR count). The Balaban J connectivity index is 0.994. The predicted octanol–water partition coefficient (Wildman–Crippen LogP) is 4.20. The van der Waals surface area contributed by atoms with E-state index in [1.54, 1.807) is 15.6 Å². The van der Waals surface area contributed by atoms with Gasteiger partial charge in [0, 0.05) is 49.3 Å². The number of hydrazone groups is 1. The van der Waals surface area contributed by atoms with Crippen molar-refractivity contribution in [3.8, 4) is 11.4 Å². The Kier molecular flexibility index (Phi) is 9.98. The Morgan fingerprint density at radius 3 is 2.28 bits per heavy atom. The van der Waals surface area contributed by atoms with E-state index in [0.717, 1.165) is 67.2 Å². The summed E-state index contributed by atoms with van der Waals surface area (Å²) in [5.74, 6) is -0.213. The highest BCUT2D eigenvalue weighted by atomic mass is 16.8. The number of hydrogen-bond donors (Lipinski definition) is 2. The fourth-order valence-corrected chi connectivity index (χ4v) is 5.88. The minimum Gasteiger partial charge on any atom is -0.491 e. The van der Waals surface area contributed by atoms with Crippen LogP contribution < -0.4 is 25.7 Å². The van der Waals surface area contributed by atoms with Crippen LogP contribution in [-0.2, 0) is 15.3 Å². The third-order valence-corrected chi connectivity index (χ3v) is 8.74. The van der Waals surface area contributed by atoms with Crippen LogP contribution in [0.4, 0.5) is 11.4 Å². The van der Waals surface area contributed by atoms with Gasteiger partial charge >= 0.3 is 5.69 Å². The molecule has 4 aromatic rings. The Morgan fingerprint density at radius 2 is 1.64 bits per heavy atom. The zero-order valence-electron chi connectivity index (χ0n) is 26.9. The zero-order chi connectivity index (χ0) is 32.6. The van der Waals surface area contributed by atoms with Crippen molar-refractivity contribution >= 4 is 23.8 Å². The molecule has 1 aromatic heterocycles. The number of benzene rings is 3. The van der Waals surface area contributed by atoms with Crippen molar-refractivity contribution in [3.63, 3.8) is 0 Å². The second kappa shape index (κ2) is 14.7. The first-order valence-corrected chi connectivity index (χ1v) is 16.1. The third kappa shape index (κ3) is 7.23. The van der Waals surface area contributed by atoms with Crippen molar-refractivity contribution in [2.45, 2.75) is 38.2 Å². The van der Waals surface area contributed by atoms with Gasteiger partial charge in [0.15, 0.2) is 0 Å². The molecule has 0 aliphatic carbocycles. The highest BCUT2D eigenvalue weighted by molar-refractivity contribution is 6.14. The molecule has 0 radical (unpaired) electrons. The van der Waals surface area contributed by atoms with Gasteiger partial charge in [0.25, 0.3) is 0 Å². The average Bonchev–Trinajstić information content (AvgIpc) is 3.73. The Morgan fingerprint density at radius 1 is 1.00 bits per heavy atom. The van der Waals surface area contributed by atoms with Gasteiger partial charge in [-0.2, -0.15) is 10.2 Å². The first-order chi connectivity index (χ1) is 23.0. The number of anilines is 2. The quantitative estimate of drug-likeness (QED) is 0.165. The molecule has 47 heavy (non-hydrogen) atoms. The molecule has 0 saturated carbocycles. The maximum Gasteiger partial charge on any atom is 0.350 e. The number of nitrogens with one attached hydrogen (secondary N) is 2. The SMILES string of the molecule is CC[C@@H](C)n1ncn(-c2ccc(N3CCN(c4ccc(OC[C@@H]5CO[C@](CN/N=C\C=N)(c6ccccc6)O5)cc4)CC3)cc2)c1=O. The summed E-state index contributed by atoms with van der Waals surface area (Å²) in [6.45, 7) is 8.68. The van der Waals surface area contributed by atoms with E-state index in [1.165, 1.54) is 6.21 Å². The van der Waals surface area contributed by atoms with Crippen molar-refractivity contribution in [1.82, 2.24) is 19.8 Å². The van der Waals surface area contributed by atoms with Crippen LogP contribution in [0.1, 0.15) is 31.9 Å². The van der Waals surface area contributed by atoms with Crippen molar-refractivity contribution in [2.75, 3.05) is 55.7 Å². The summed E-state index contributed by atoms with van der Waals surface area (Å²) in [5.41, 5.74) is 6.83. The molecule has 3 heterocycles. The van der Waals surface area contributed by atoms with Gasteiger partial charge in [0.1, 0.15) is 24.8 Å². The first kappa shape index (κ1) is 32.0. The number of nitrogens with zero attached hydrogens (tertiary/aromatic N) is 6. The lowest BCUT2D eigenvalue weighted by Crippen LogP contribution is -2.46. The van der Waals surface area contributed by atoms with Crippen LogP contribution >= 0.6 is 0 Å². The monoisotopic (exact) mass is 638 g/mol. The summed E-state index contributed by atoms with van der Waals surface area (Å²) in [5, 5.41) is 15.4. The van der Waals surface area contributed by atoms with Crippen LogP contribution in [0.15, 0.2) is 95.1 Å². The molecular weight excluding hydrogens is 596 g/mol. The van der Waals surface area contributed by atoms with Crippen LogP contribution in [0, 0.1) is 5.41 Å². The molecule has 0 unspecified atom stereocenters. The van der Waals surface area contributed by atoms with E-state index in [0.29, 0.717) is 19.8 Å². The number of ether oxygens (including phenoxy) is 3. The number of aromatic nitrogens is 3. The minimum atomic E-state index is -0.987. The van der Waals surface area contributed by atoms with Crippen molar-refractivity contribution in [2.24, 2.45) is 5.10 Å². The first-order valence-electron chi connectivity index (χ1n) is 16.1. The molecule has 0 amide bonds. The van der Waals surface area contributed by atoms with E-state index < -0.39 is 5.79 Å². The van der Waals surface area contributed by atoms with Crippen LogP contribution in [-0.4, -0.2) is 78.8 Å². The Labute approximate surface area is 274 Å². The van der Waals surface area contributed by atoms with Crippen molar-refractivity contribution in [1.29, 1.82) is 5.41 Å². The third-order valence-electron chi connectivity index (χ3n) is 8.74. The molecule has 3 atom stereocenters. The maximum absolute atomic E-state index is 12.8. The molecule has 2 N–H and O–H groups in total. The van der Waals surface area contributed by atoms with E-state index in [1.807, 2.05) is 68.4 Å². The minimum absolute atomic E-state index is 0.0691. The van der Waals surface area contributed by atoms with Crippen LogP contribution in [0.5, 0.6) is 5.75 Å². The second-order valence-electron chi connectivity index (χ2n) is 11.7. The van der Waals surface area contributed by atoms with Crippen molar-refractivity contribution < 1.29 is 14.2 Å². The van der Waals surface area contributed by atoms with E-state index in [4.69, 9.17) is 19.6 Å². The van der Waals surface area contributed by atoms with E-state index in [2.05, 4.69) is 49.7 Å². The Bertz CT molecular complexity index is 1680. The predicted molar refractivity (Wildman–Crippen MR) is 183 cm³/mol. The normalized spacial score (nSPS) is 20.4. The molecule has 0 spiro atoms. The van der Waals surface area contributed by atoms with Gasteiger partial charge in [-0.1, -0.05) is 37.3 Å². The molecular formula is C35H42N8O4. The lowest BCUT2D eigenvalue weighted by atomic mass is 10.1. The topological polar surface area (TPSA) is 122 Å². The van der Waals surface area contributed by atoms with Crippen LogP contribution in [0.3, 0.4) is 0 Å². The standard InChI is InChI=1S/C35H42N8O4/c1-3-27(2)43-34(44)42(26-39-43)31-11-9-29(10-12-31)40-19-21-41(22-20-40)30-13-15-32(16-14-30)45-23-33-24-46-35(47-33,25-38-37-18-17-36)28-7-5-4-6-8-28/h4-18,26-27,33,36,38H,3,19-25H2,1-2H3/b36-17?,37-18-/t27-,33-,35+/m1/s1. The Hall–Kier alpha value is -4.94. The summed E-state index contributed by atoms with van der Waals surface area (Å²) >= 11 is 0. The second-order valence-corrected chi connectivity index (χ2v) is 11.7. The zero-order valence-corrected chi connectivity index (χ0v) is 26.9. The molecule has 2 aliphatic heterocycles. The fourth-order valence-electron chi connectivity index (χ4n) is 5.88. The summed E-state index contributed by atoms with van der Waals surface area (Å²) < 4.78 is 21.8. The van der Waals surface area contributed by atoms with Gasteiger partial charge in [-0.25, -0.2) is 14.0 Å². The largest absolute Gasteiger partial charge is 0.491 e. The van der Waals surface area contributed by atoms with Gasteiger partial charge < -0.3 is 34.8 Å². The van der Waals surface area contributed by atoms with Gasteiger partial charge in [-0.3, -0.25) is 0 Å². The van der Waals surface area contributed by atoms with E-state index in [-0.39, 0.29) is 17.8 Å². The van der Waals surface area contributed by atoms with Gasteiger partial charge in [-0.15, -0.1) is 0 Å². The molecule has 3 aromatic carbocycles. The van der Waals surface area contributed by atoms with Crippen LogP contribution in [0.2, 0.25) is 0 Å². The van der Waals surface area contributed by atoms with Gasteiger partial charge in [0.2, 0.25) is 5.79 Å². The molecule has 2 saturated heterocycles. The smallest absolute Gasteiger partial charge is 0.350 e. The van der Waals surface area contributed by atoms with E-state index >= 15 is 0 Å². The highest BCUT2D eigenvalue weighted by Gasteiger charge is 2.43. The average molecular weight is 639 g/mol. The molecule has 2 fully saturated rings. The van der Waals surface area contributed by atoms with Gasteiger partial charge in [0.05, 0.1) is 31.1 Å². The number of piperazine rings is 1. The van der Waals surface area contributed by atoms with Crippen molar-refractivity contribution in [3.05, 3.63) is 101 Å². The summed E-state index contributed by atoms with van der Waals surface area (Å²) in [6, 6.07) is 26.2. The number of hydrogen-bond acceptors (Lipinski definition) is 10. The molecule has 0 bridgehead atoms. The summed E-state index contributed by atoms with van der Waals surface area (Å²) in [6.07, 6.45) is 4.68. The molecule has 12 heteroatoms. The lowest BCUT2D eigenvalue weighted by Gasteiger charge is -2.37. The molecule has 2 aliphatic rings.